The van der Waals surface area contributed by atoms with Crippen molar-refractivity contribution in [1.29, 1.82) is 0 Å². The van der Waals surface area contributed by atoms with Crippen molar-refractivity contribution in [2.45, 2.75) is 20.3 Å². The van der Waals surface area contributed by atoms with Gasteiger partial charge < -0.3 is 15.2 Å². The molecule has 0 aliphatic heterocycles. The summed E-state index contributed by atoms with van der Waals surface area (Å²) in [6.45, 7) is 2.83. The second-order valence-corrected chi connectivity index (χ2v) is 5.10. The number of rotatable bonds is 5. The van der Waals surface area contributed by atoms with Crippen LogP contribution in [0.3, 0.4) is 0 Å². The maximum absolute atomic E-state index is 11.6. The number of amides is 3. The van der Waals surface area contributed by atoms with Gasteiger partial charge in [-0.05, 0) is 38.1 Å². The molecule has 0 spiro atoms. The summed E-state index contributed by atoms with van der Waals surface area (Å²) in [5.41, 5.74) is -0.747. The van der Waals surface area contributed by atoms with Crippen molar-refractivity contribution in [1.82, 2.24) is 5.32 Å². The lowest BCUT2D eigenvalue weighted by molar-refractivity contribution is -0.149. The predicted octanol–water partition coefficient (Wildman–Crippen LogP) is 1.84. The van der Waals surface area contributed by atoms with E-state index in [4.69, 9.17) is 9.84 Å². The number of carbonyl (C=O) groups is 3. The molecule has 0 saturated heterocycles. The molecule has 0 saturated carbocycles. The third-order valence-electron chi connectivity index (χ3n) is 2.78. The van der Waals surface area contributed by atoms with Crippen LogP contribution in [0.5, 0.6) is 5.75 Å². The summed E-state index contributed by atoms with van der Waals surface area (Å²) >= 11 is 0. The number of carboxylic acid groups (broad SMARTS) is 1. The second-order valence-electron chi connectivity index (χ2n) is 5.10. The summed E-state index contributed by atoms with van der Waals surface area (Å²) in [4.78, 5) is 34.1. The van der Waals surface area contributed by atoms with E-state index >= 15 is 0 Å². The molecule has 7 heteroatoms. The zero-order chi connectivity index (χ0) is 16.0. The van der Waals surface area contributed by atoms with E-state index in [1.807, 2.05) is 0 Å². The summed E-state index contributed by atoms with van der Waals surface area (Å²) in [6.07, 6.45) is -0.293. The van der Waals surface area contributed by atoms with Crippen molar-refractivity contribution in [3.63, 3.8) is 0 Å². The first-order valence-corrected chi connectivity index (χ1v) is 6.23. The summed E-state index contributed by atoms with van der Waals surface area (Å²) in [7, 11) is 1.53. The van der Waals surface area contributed by atoms with Crippen LogP contribution >= 0.6 is 0 Å². The number of carbonyl (C=O) groups excluding carboxylic acids is 2. The Morgan fingerprint density at radius 2 is 1.76 bits per heavy atom. The van der Waals surface area contributed by atoms with Crippen molar-refractivity contribution < 1.29 is 24.2 Å². The monoisotopic (exact) mass is 294 g/mol. The molecule has 0 atom stereocenters. The Morgan fingerprint density at radius 1 is 1.19 bits per heavy atom. The number of hydrogen-bond donors (Lipinski definition) is 3. The van der Waals surface area contributed by atoms with Gasteiger partial charge >= 0.3 is 12.0 Å². The van der Waals surface area contributed by atoms with Gasteiger partial charge in [0.2, 0.25) is 5.91 Å². The number of ether oxygens (including phenoxy) is 1. The average molecular weight is 294 g/mol. The van der Waals surface area contributed by atoms with E-state index in [-0.39, 0.29) is 6.42 Å². The lowest BCUT2D eigenvalue weighted by Gasteiger charge is -2.17. The standard InChI is InChI=1S/C14H18N2O5/c1-14(2,12(18)19)8-11(17)16-13(20)15-9-4-6-10(21-3)7-5-9/h4-7H,8H2,1-3H3,(H,18,19)(H2,15,16,17,20). The fourth-order valence-electron chi connectivity index (χ4n) is 1.48. The summed E-state index contributed by atoms with van der Waals surface area (Å²) in [6, 6.07) is 5.83. The molecule has 0 aliphatic carbocycles. The molecule has 0 bridgehead atoms. The molecular formula is C14H18N2O5. The van der Waals surface area contributed by atoms with Gasteiger partial charge in [0, 0.05) is 12.1 Å². The Kier molecular flexibility index (Phi) is 5.29. The minimum atomic E-state index is -1.23. The Hall–Kier alpha value is -2.57. The first-order valence-electron chi connectivity index (χ1n) is 6.23. The SMILES string of the molecule is COc1ccc(NC(=O)NC(=O)CC(C)(C)C(=O)O)cc1. The Bertz CT molecular complexity index is 537. The van der Waals surface area contributed by atoms with Gasteiger partial charge in [0.25, 0.3) is 0 Å². The van der Waals surface area contributed by atoms with Gasteiger partial charge in [-0.25, -0.2) is 4.79 Å². The van der Waals surface area contributed by atoms with E-state index in [0.717, 1.165) is 0 Å². The fraction of sp³-hybridized carbons (Fsp3) is 0.357. The average Bonchev–Trinajstić information content (AvgIpc) is 2.38. The normalized spacial score (nSPS) is 10.6. The summed E-state index contributed by atoms with van der Waals surface area (Å²) in [5, 5.41) is 13.5. The molecular weight excluding hydrogens is 276 g/mol. The highest BCUT2D eigenvalue weighted by Crippen LogP contribution is 2.20. The largest absolute Gasteiger partial charge is 0.497 e. The van der Waals surface area contributed by atoms with Gasteiger partial charge in [-0.1, -0.05) is 0 Å². The minimum absolute atomic E-state index is 0.293. The van der Waals surface area contributed by atoms with Crippen molar-refractivity contribution in [3.8, 4) is 5.75 Å². The van der Waals surface area contributed by atoms with Crippen LogP contribution in [-0.2, 0) is 9.59 Å². The quantitative estimate of drug-likeness (QED) is 0.768. The fourth-order valence-corrected chi connectivity index (χ4v) is 1.48. The van der Waals surface area contributed by atoms with Crippen LogP contribution in [0.1, 0.15) is 20.3 Å². The van der Waals surface area contributed by atoms with E-state index in [2.05, 4.69) is 10.6 Å². The van der Waals surface area contributed by atoms with Crippen molar-refractivity contribution in [3.05, 3.63) is 24.3 Å². The zero-order valence-corrected chi connectivity index (χ0v) is 12.1. The zero-order valence-electron chi connectivity index (χ0n) is 12.1. The highest BCUT2D eigenvalue weighted by Gasteiger charge is 2.30. The number of urea groups is 1. The second kappa shape index (κ2) is 6.74. The van der Waals surface area contributed by atoms with E-state index in [1.165, 1.54) is 21.0 Å². The van der Waals surface area contributed by atoms with Crippen LogP contribution in [0, 0.1) is 5.41 Å². The maximum atomic E-state index is 11.6. The minimum Gasteiger partial charge on any atom is -0.497 e. The van der Waals surface area contributed by atoms with E-state index < -0.39 is 23.3 Å². The van der Waals surface area contributed by atoms with Crippen LogP contribution in [0.4, 0.5) is 10.5 Å². The number of methoxy groups -OCH3 is 1. The topological polar surface area (TPSA) is 105 Å². The van der Waals surface area contributed by atoms with Crippen molar-refractivity contribution in [2.24, 2.45) is 5.41 Å². The molecule has 0 unspecified atom stereocenters. The molecule has 0 radical (unpaired) electrons. The molecule has 1 rings (SSSR count). The van der Waals surface area contributed by atoms with Crippen LogP contribution in [-0.4, -0.2) is 30.1 Å². The van der Waals surface area contributed by atoms with E-state index in [1.54, 1.807) is 24.3 Å². The van der Waals surface area contributed by atoms with Gasteiger partial charge in [-0.2, -0.15) is 0 Å². The number of imide groups is 1. The number of benzene rings is 1. The summed E-state index contributed by atoms with van der Waals surface area (Å²) in [5.74, 6) is -1.12. The molecule has 0 aliphatic rings. The van der Waals surface area contributed by atoms with E-state index in [9.17, 15) is 14.4 Å². The number of carboxylic acids is 1. The van der Waals surface area contributed by atoms with Gasteiger partial charge in [-0.3, -0.25) is 14.9 Å². The molecule has 21 heavy (non-hydrogen) atoms. The lowest BCUT2D eigenvalue weighted by atomic mass is 9.89. The molecule has 7 nitrogen and oxygen atoms in total. The third-order valence-corrected chi connectivity index (χ3v) is 2.78. The molecule has 114 valence electrons. The first-order chi connectivity index (χ1) is 9.74. The molecule has 0 heterocycles. The first kappa shape index (κ1) is 16.5. The molecule has 3 amide bonds. The van der Waals surface area contributed by atoms with Crippen LogP contribution in [0.2, 0.25) is 0 Å². The third kappa shape index (κ3) is 5.13. The number of anilines is 1. The van der Waals surface area contributed by atoms with Crippen LogP contribution in [0.25, 0.3) is 0 Å². The molecule has 1 aromatic rings. The number of nitrogens with one attached hydrogen (secondary N) is 2. The lowest BCUT2D eigenvalue weighted by Crippen LogP contribution is -2.38. The Balaban J connectivity index is 2.53. The van der Waals surface area contributed by atoms with Crippen molar-refractivity contribution in [2.75, 3.05) is 12.4 Å². The maximum Gasteiger partial charge on any atom is 0.325 e. The molecule has 3 N–H and O–H groups in total. The van der Waals surface area contributed by atoms with Gasteiger partial charge in [0.05, 0.1) is 12.5 Å². The van der Waals surface area contributed by atoms with Crippen LogP contribution in [0.15, 0.2) is 24.3 Å². The Labute approximate surface area is 122 Å². The summed E-state index contributed by atoms with van der Waals surface area (Å²) < 4.78 is 4.98. The van der Waals surface area contributed by atoms with Gasteiger partial charge in [0.15, 0.2) is 0 Å². The highest BCUT2D eigenvalue weighted by molar-refractivity contribution is 6.02. The number of hydrogen-bond acceptors (Lipinski definition) is 4. The molecule has 0 fully saturated rings. The number of aliphatic carboxylic acids is 1. The van der Waals surface area contributed by atoms with Crippen LogP contribution < -0.4 is 15.4 Å². The van der Waals surface area contributed by atoms with Crippen molar-refractivity contribution >= 4 is 23.6 Å². The molecule has 0 aromatic heterocycles. The molecule has 1 aromatic carbocycles. The van der Waals surface area contributed by atoms with E-state index in [0.29, 0.717) is 11.4 Å². The smallest absolute Gasteiger partial charge is 0.325 e. The van der Waals surface area contributed by atoms with Gasteiger partial charge in [0.1, 0.15) is 5.75 Å². The van der Waals surface area contributed by atoms with Gasteiger partial charge in [-0.15, -0.1) is 0 Å². The Morgan fingerprint density at radius 3 is 2.24 bits per heavy atom. The predicted molar refractivity (Wildman–Crippen MR) is 76.2 cm³/mol. The highest BCUT2D eigenvalue weighted by atomic mass is 16.5.